The molecule has 25 nitrogen and oxygen atoms in total. The topological polar surface area (TPSA) is 337 Å². The molecule has 0 bridgehead atoms. The molecule has 0 aliphatic carbocycles. The second-order valence-corrected chi connectivity index (χ2v) is 30.9. The molecule has 102 heavy (non-hydrogen) atoms. The number of rotatable bonds is 17. The summed E-state index contributed by atoms with van der Waals surface area (Å²) in [5.74, 6) is 0.832. The largest absolute Gasteiger partial charge is 0.508 e. The van der Waals surface area contributed by atoms with Crippen LogP contribution in [-0.2, 0) is 79.2 Å². The molecule has 0 fully saturated rings. The zero-order valence-corrected chi connectivity index (χ0v) is 57.3. The van der Waals surface area contributed by atoms with Crippen molar-refractivity contribution in [3.8, 4) is 28.6 Å². The minimum atomic E-state index is -3.30. The van der Waals surface area contributed by atoms with Crippen molar-refractivity contribution < 1.29 is 35.5 Å². The number of aromatic amines is 2. The Morgan fingerprint density at radius 3 is 1.24 bits per heavy atom. The Morgan fingerprint density at radius 2 is 0.784 bits per heavy atom. The third-order valence-electron chi connectivity index (χ3n) is 16.5. The molecular weight excluding hydrogens is 1360 g/mol. The molecule has 14 rings (SSSR count). The summed E-state index contributed by atoms with van der Waals surface area (Å²) < 4.78 is 78.2. The van der Waals surface area contributed by atoms with Gasteiger partial charge in [-0.2, -0.15) is 0 Å². The van der Waals surface area contributed by atoms with Crippen LogP contribution in [0.5, 0.6) is 11.5 Å². The molecule has 0 saturated heterocycles. The van der Waals surface area contributed by atoms with Gasteiger partial charge in [0.25, 0.3) is 16.7 Å². The Hall–Kier alpha value is -12.3. The first-order chi connectivity index (χ1) is 48.6. The van der Waals surface area contributed by atoms with Gasteiger partial charge in [0.2, 0.25) is 0 Å². The number of aromatic nitrogens is 10. The Balaban J connectivity index is 0.000000145. The number of aromatic hydroxyl groups is 2. The SMILES string of the molecule is CS(=O)(=O)Cc1cccc(-n2c(=O)c3ccccc3n(CCc3ccc(O)cc3)c2=O)c1.CS(=O)(=O)Cc1cccc(-n2c(=O)c3ccccc3n(CCc3nc4ccc(O)cc4[nH]3)c2=O)c1.[C-]#[N+]c1ccc2nc(Cn3c(=O)n(-c4cccc(CS(C)(=O)=O)c4)c(=O)c4ccccc43)[nH]c2c1. The highest BCUT2D eigenvalue weighted by Gasteiger charge is 2.21. The van der Waals surface area contributed by atoms with Crippen LogP contribution in [0.25, 0.3) is 76.7 Å². The van der Waals surface area contributed by atoms with Crippen molar-refractivity contribution in [3.63, 3.8) is 0 Å². The zero-order chi connectivity index (χ0) is 72.4. The van der Waals surface area contributed by atoms with E-state index in [1.807, 2.05) is 0 Å². The maximum atomic E-state index is 13.6. The van der Waals surface area contributed by atoms with Crippen LogP contribution in [0.1, 0.15) is 33.9 Å². The lowest BCUT2D eigenvalue weighted by Gasteiger charge is -2.15. The predicted octanol–water partition coefficient (Wildman–Crippen LogP) is 8.34. The predicted molar refractivity (Wildman–Crippen MR) is 392 cm³/mol. The van der Waals surface area contributed by atoms with Gasteiger partial charge >= 0.3 is 17.1 Å². The molecule has 0 aliphatic heterocycles. The number of benzene rings is 9. The number of hydrogen-bond donors (Lipinski definition) is 4. The molecule has 0 unspecified atom stereocenters. The number of sulfone groups is 3. The van der Waals surface area contributed by atoms with Gasteiger partial charge < -0.3 is 20.2 Å². The molecule has 4 N–H and O–H groups in total. The highest BCUT2D eigenvalue weighted by molar-refractivity contribution is 7.90. The number of aryl methyl sites for hydroxylation is 4. The van der Waals surface area contributed by atoms with Crippen LogP contribution in [0.4, 0.5) is 5.69 Å². The summed E-state index contributed by atoms with van der Waals surface area (Å²) in [5.41, 5.74) is 4.96. The monoisotopic (exact) mass is 1430 g/mol. The molecule has 9 aromatic carbocycles. The van der Waals surface area contributed by atoms with Crippen LogP contribution in [-0.4, -0.2) is 102 Å². The summed E-state index contributed by atoms with van der Waals surface area (Å²) in [6.45, 7) is 7.82. The quantitative estimate of drug-likeness (QED) is 0.0622. The van der Waals surface area contributed by atoms with Crippen LogP contribution in [0.2, 0.25) is 0 Å². The van der Waals surface area contributed by atoms with Gasteiger partial charge in [0.1, 0.15) is 23.1 Å². The summed E-state index contributed by atoms with van der Waals surface area (Å²) in [5, 5.41) is 20.3. The van der Waals surface area contributed by atoms with Crippen LogP contribution < -0.4 is 33.7 Å². The van der Waals surface area contributed by atoms with Crippen LogP contribution in [0.3, 0.4) is 0 Å². The molecule has 0 aliphatic rings. The first-order valence-corrected chi connectivity index (χ1v) is 37.7. The average molecular weight is 1430 g/mol. The molecule has 0 atom stereocenters. The van der Waals surface area contributed by atoms with E-state index in [0.29, 0.717) is 120 Å². The minimum Gasteiger partial charge on any atom is -0.508 e. The minimum absolute atomic E-state index is 0.0602. The number of hydrogen-bond acceptors (Lipinski definition) is 16. The van der Waals surface area contributed by atoms with Crippen molar-refractivity contribution in [2.45, 2.75) is 49.7 Å². The molecule has 28 heteroatoms. The number of H-pyrrole nitrogens is 2. The lowest BCUT2D eigenvalue weighted by molar-refractivity contribution is 0.474. The van der Waals surface area contributed by atoms with E-state index in [1.165, 1.54) is 15.2 Å². The van der Waals surface area contributed by atoms with Gasteiger partial charge in [0.05, 0.1) is 102 Å². The molecule has 5 heterocycles. The molecule has 516 valence electrons. The smallest absolute Gasteiger partial charge is 0.336 e. The maximum absolute atomic E-state index is 13.6. The summed E-state index contributed by atoms with van der Waals surface area (Å²) in [6, 6.07) is 56.6. The zero-order valence-electron chi connectivity index (χ0n) is 54.8. The van der Waals surface area contributed by atoms with Gasteiger partial charge in [-0.3, -0.25) is 28.1 Å². The first kappa shape index (κ1) is 69.6. The normalized spacial score (nSPS) is 11.7. The fourth-order valence-electron chi connectivity index (χ4n) is 12.1. The molecule has 5 aromatic heterocycles. The molecule has 14 aromatic rings. The van der Waals surface area contributed by atoms with Gasteiger partial charge in [-0.1, -0.05) is 91.0 Å². The standard InChI is InChI=1S/C25H19N5O4S.C25H22N4O5S.C24H22N2O5S/c1-26-17-10-11-20-21(13-17)28-23(27-20)14-29-22-9-4-3-8-19(22)24(31)30(25(29)32)18-7-5-6-16(12-18)15-35(2,33)34;1-35(33,34)15-16-5-4-6-17(13-16)29-24(31)19-7-2-3-8-22(19)28(25(29)32)12-11-23-26-20-10-9-18(30)14-21(20)27-23;1-32(30,31)16-18-5-4-6-19(15-18)26-23(28)21-7-2-3-8-22(21)25(24(26)29)14-13-17-9-11-20(27)12-10-17/h3-13H,14-15H2,2H3,(H,27,28);2-10,13-14,30H,11-12,15H2,1H3,(H,26,27);2-12,15,27H,13-14,16H2,1H3. The average Bonchev–Trinajstić information content (AvgIpc) is 1.11. The summed E-state index contributed by atoms with van der Waals surface area (Å²) >= 11 is 0. The molecule has 0 spiro atoms. The third-order valence-corrected chi connectivity index (χ3v) is 19.1. The van der Waals surface area contributed by atoms with E-state index in [0.717, 1.165) is 38.0 Å². The van der Waals surface area contributed by atoms with Crippen molar-refractivity contribution in [1.82, 2.24) is 47.3 Å². The number of para-hydroxylation sites is 3. The van der Waals surface area contributed by atoms with Gasteiger partial charge in [-0.15, -0.1) is 0 Å². The van der Waals surface area contributed by atoms with E-state index < -0.39 is 63.3 Å². The van der Waals surface area contributed by atoms with Gasteiger partial charge in [-0.25, -0.2) is 68.2 Å². The maximum Gasteiger partial charge on any atom is 0.336 e. The Bertz CT molecular complexity index is 6460. The van der Waals surface area contributed by atoms with Crippen molar-refractivity contribution in [2.75, 3.05) is 18.8 Å². The van der Waals surface area contributed by atoms with E-state index >= 15 is 0 Å². The second-order valence-electron chi connectivity index (χ2n) is 24.5. The summed E-state index contributed by atoms with van der Waals surface area (Å²) in [7, 11) is -9.86. The van der Waals surface area contributed by atoms with Crippen molar-refractivity contribution in [1.29, 1.82) is 0 Å². The molecular formula is C74H63N11O14S3. The van der Waals surface area contributed by atoms with E-state index in [4.69, 9.17) is 6.57 Å². The number of imidazole rings is 2. The molecule has 0 saturated carbocycles. The Kier molecular flexibility index (Phi) is 19.4. The number of phenols is 2. The van der Waals surface area contributed by atoms with E-state index in [-0.39, 0.29) is 47.5 Å². The highest BCUT2D eigenvalue weighted by Crippen LogP contribution is 2.24. The van der Waals surface area contributed by atoms with Crippen molar-refractivity contribution in [2.24, 2.45) is 0 Å². The van der Waals surface area contributed by atoms with Crippen LogP contribution in [0.15, 0.2) is 235 Å². The summed E-state index contributed by atoms with van der Waals surface area (Å²) in [4.78, 5) is 99.3. The highest BCUT2D eigenvalue weighted by atomic mass is 32.2. The third kappa shape index (κ3) is 15.6. The fourth-order valence-corrected chi connectivity index (χ4v) is 14.5. The first-order valence-electron chi connectivity index (χ1n) is 31.5. The fraction of sp³-hybridized carbons (Fsp3) is 0.149. The lowest BCUT2D eigenvalue weighted by Crippen LogP contribution is -2.39. The van der Waals surface area contributed by atoms with E-state index in [1.54, 1.807) is 205 Å². The van der Waals surface area contributed by atoms with Crippen LogP contribution >= 0.6 is 0 Å². The van der Waals surface area contributed by atoms with Crippen LogP contribution in [0, 0.1) is 6.57 Å². The number of nitrogens with one attached hydrogen (secondary N) is 2. The Morgan fingerprint density at radius 1 is 0.402 bits per heavy atom. The van der Waals surface area contributed by atoms with E-state index in [9.17, 15) is 64.2 Å². The van der Waals surface area contributed by atoms with Gasteiger partial charge in [0, 0.05) is 44.3 Å². The molecule has 0 amide bonds. The van der Waals surface area contributed by atoms with Crippen molar-refractivity contribution >= 4 is 90.0 Å². The number of fused-ring (bicyclic) bond motifs is 5. The second kappa shape index (κ2) is 28.5. The van der Waals surface area contributed by atoms with E-state index in [2.05, 4.69) is 24.8 Å². The Labute approximate surface area is 580 Å². The lowest BCUT2D eigenvalue weighted by atomic mass is 10.1. The number of phenolic OH excluding ortho intramolecular Hbond substituents is 2. The molecule has 0 radical (unpaired) electrons. The number of nitrogens with zero attached hydrogens (tertiary/aromatic N) is 9. The van der Waals surface area contributed by atoms with Gasteiger partial charge in [0.15, 0.2) is 35.2 Å². The van der Waals surface area contributed by atoms with Gasteiger partial charge in [-0.05, 0) is 138 Å². The summed E-state index contributed by atoms with van der Waals surface area (Å²) in [6.07, 6.45) is 4.30. The van der Waals surface area contributed by atoms with Crippen molar-refractivity contribution in [3.05, 3.63) is 314 Å².